The fourth-order valence-electron chi connectivity index (χ4n) is 3.27. The molecule has 0 unspecified atom stereocenters. The van der Waals surface area contributed by atoms with E-state index in [-0.39, 0.29) is 11.8 Å². The maximum absolute atomic E-state index is 12.5. The fourth-order valence-corrected chi connectivity index (χ4v) is 4.11. The molecule has 1 fully saturated rings. The van der Waals surface area contributed by atoms with Crippen molar-refractivity contribution >= 4 is 23.2 Å². The molecular weight excluding hydrogens is 388 g/mol. The molecule has 0 N–H and O–H groups in total. The first-order valence-electron chi connectivity index (χ1n) is 10.1. The Morgan fingerprint density at radius 2 is 1.62 bits per heavy atom. The smallest absolute Gasteiger partial charge is 0.264 e. The van der Waals surface area contributed by atoms with Crippen LogP contribution < -0.4 is 9.47 Å². The summed E-state index contributed by atoms with van der Waals surface area (Å²) in [6.07, 6.45) is 1.09. The van der Waals surface area contributed by atoms with Crippen molar-refractivity contribution in [3.8, 4) is 11.5 Å². The third-order valence-electron chi connectivity index (χ3n) is 4.81. The lowest BCUT2D eigenvalue weighted by Gasteiger charge is -2.34. The average Bonchev–Trinajstić information content (AvgIpc) is 3.18. The van der Waals surface area contributed by atoms with Crippen LogP contribution in [0.3, 0.4) is 0 Å². The second-order valence-corrected chi connectivity index (χ2v) is 8.20. The Balaban J connectivity index is 1.38. The third kappa shape index (κ3) is 5.73. The maximum Gasteiger partial charge on any atom is 0.264 e. The van der Waals surface area contributed by atoms with Crippen molar-refractivity contribution < 1.29 is 19.1 Å². The van der Waals surface area contributed by atoms with Crippen molar-refractivity contribution in [2.75, 3.05) is 39.4 Å². The second kappa shape index (κ2) is 10.3. The molecule has 0 aliphatic carbocycles. The Morgan fingerprint density at radius 1 is 0.966 bits per heavy atom. The lowest BCUT2D eigenvalue weighted by Crippen LogP contribution is -2.50. The summed E-state index contributed by atoms with van der Waals surface area (Å²) in [6, 6.07) is 11.4. The maximum atomic E-state index is 12.5. The number of benzene rings is 1. The molecule has 1 aliphatic rings. The summed E-state index contributed by atoms with van der Waals surface area (Å²) in [6.45, 7) is 7.32. The van der Waals surface area contributed by atoms with Gasteiger partial charge in [-0.25, -0.2) is 0 Å². The average molecular weight is 417 g/mol. The van der Waals surface area contributed by atoms with Gasteiger partial charge in [0.15, 0.2) is 11.5 Å². The molecule has 2 amide bonds. The van der Waals surface area contributed by atoms with Crippen LogP contribution in [0.5, 0.6) is 11.5 Å². The number of aryl methyl sites for hydroxylation is 1. The van der Waals surface area contributed by atoms with Crippen LogP contribution in [0.15, 0.2) is 36.4 Å². The minimum atomic E-state index is 0.0663. The number of ether oxygens (including phenoxy) is 2. The molecule has 6 nitrogen and oxygen atoms in total. The molecule has 0 spiro atoms. The van der Waals surface area contributed by atoms with Crippen LogP contribution in [-0.4, -0.2) is 61.0 Å². The highest BCUT2D eigenvalue weighted by atomic mass is 32.1. The second-order valence-electron chi connectivity index (χ2n) is 6.92. The van der Waals surface area contributed by atoms with E-state index >= 15 is 0 Å². The summed E-state index contributed by atoms with van der Waals surface area (Å²) in [5.41, 5.74) is 0. The number of para-hydroxylation sites is 2. The highest BCUT2D eigenvalue weighted by molar-refractivity contribution is 7.13. The Morgan fingerprint density at radius 3 is 2.24 bits per heavy atom. The van der Waals surface area contributed by atoms with Gasteiger partial charge in [-0.3, -0.25) is 9.59 Å². The van der Waals surface area contributed by atoms with Crippen molar-refractivity contribution in [3.05, 3.63) is 46.2 Å². The van der Waals surface area contributed by atoms with E-state index in [1.165, 1.54) is 11.3 Å². The Kier molecular flexibility index (Phi) is 7.52. The van der Waals surface area contributed by atoms with Gasteiger partial charge in [0.2, 0.25) is 5.91 Å². The summed E-state index contributed by atoms with van der Waals surface area (Å²) in [5.74, 6) is 1.61. The number of nitrogens with zero attached hydrogens (tertiary/aromatic N) is 2. The first kappa shape index (κ1) is 21.2. The van der Waals surface area contributed by atoms with Crippen LogP contribution in [0.1, 0.15) is 34.3 Å². The number of thiophene rings is 1. The molecular formula is C22H28N2O4S. The highest BCUT2D eigenvalue weighted by Gasteiger charge is 2.25. The number of hydrogen-bond donors (Lipinski definition) is 0. The molecule has 156 valence electrons. The summed E-state index contributed by atoms with van der Waals surface area (Å²) >= 11 is 1.52. The van der Waals surface area contributed by atoms with Gasteiger partial charge >= 0.3 is 0 Å². The van der Waals surface area contributed by atoms with E-state index in [1.54, 1.807) is 0 Å². The van der Waals surface area contributed by atoms with E-state index in [1.807, 2.05) is 60.0 Å². The van der Waals surface area contributed by atoms with Crippen LogP contribution in [0.4, 0.5) is 0 Å². The van der Waals surface area contributed by atoms with E-state index in [9.17, 15) is 9.59 Å². The number of amides is 2. The highest BCUT2D eigenvalue weighted by Crippen LogP contribution is 2.26. The zero-order valence-corrected chi connectivity index (χ0v) is 17.9. The molecule has 3 rings (SSSR count). The van der Waals surface area contributed by atoms with Gasteiger partial charge in [0.25, 0.3) is 5.91 Å². The van der Waals surface area contributed by atoms with Gasteiger partial charge in [0.05, 0.1) is 18.1 Å². The number of rotatable bonds is 8. The number of hydrogen-bond acceptors (Lipinski definition) is 5. The fraction of sp³-hybridized carbons (Fsp3) is 0.455. The monoisotopic (exact) mass is 416 g/mol. The molecule has 0 saturated carbocycles. The normalized spacial score (nSPS) is 14.0. The van der Waals surface area contributed by atoms with Crippen molar-refractivity contribution in [1.82, 2.24) is 9.80 Å². The van der Waals surface area contributed by atoms with E-state index in [0.29, 0.717) is 58.0 Å². The topological polar surface area (TPSA) is 59.1 Å². The largest absolute Gasteiger partial charge is 0.490 e. The molecule has 1 aromatic heterocycles. The summed E-state index contributed by atoms with van der Waals surface area (Å²) in [4.78, 5) is 30.6. The minimum absolute atomic E-state index is 0.0663. The van der Waals surface area contributed by atoms with Gasteiger partial charge in [0.1, 0.15) is 0 Å². The van der Waals surface area contributed by atoms with Crippen molar-refractivity contribution in [2.24, 2.45) is 0 Å². The van der Waals surface area contributed by atoms with Gasteiger partial charge in [-0.1, -0.05) is 12.1 Å². The Hall–Kier alpha value is -2.54. The number of carbonyl (C=O) groups is 2. The molecule has 1 aromatic carbocycles. The molecule has 2 aromatic rings. The van der Waals surface area contributed by atoms with E-state index in [4.69, 9.17) is 9.47 Å². The minimum Gasteiger partial charge on any atom is -0.490 e. The molecule has 29 heavy (non-hydrogen) atoms. The van der Waals surface area contributed by atoms with Crippen LogP contribution in [0.25, 0.3) is 0 Å². The van der Waals surface area contributed by atoms with E-state index < -0.39 is 0 Å². The molecule has 2 heterocycles. The third-order valence-corrected chi connectivity index (χ3v) is 5.80. The van der Waals surface area contributed by atoms with Crippen LogP contribution in [-0.2, 0) is 4.79 Å². The van der Waals surface area contributed by atoms with Gasteiger partial charge in [0, 0.05) is 37.5 Å². The molecule has 0 bridgehead atoms. The summed E-state index contributed by atoms with van der Waals surface area (Å²) < 4.78 is 11.3. The van der Waals surface area contributed by atoms with Crippen molar-refractivity contribution in [2.45, 2.75) is 26.7 Å². The lowest BCUT2D eigenvalue weighted by molar-refractivity contribution is -0.132. The van der Waals surface area contributed by atoms with Crippen LogP contribution in [0.2, 0.25) is 0 Å². The number of carbonyl (C=O) groups excluding carboxylic acids is 2. The summed E-state index contributed by atoms with van der Waals surface area (Å²) in [7, 11) is 0. The molecule has 0 radical (unpaired) electrons. The Bertz CT molecular complexity index is 828. The van der Waals surface area contributed by atoms with Crippen LogP contribution in [0, 0.1) is 6.92 Å². The lowest BCUT2D eigenvalue weighted by atomic mass is 10.2. The van der Waals surface area contributed by atoms with Gasteiger partial charge in [-0.15, -0.1) is 11.3 Å². The van der Waals surface area contributed by atoms with E-state index in [2.05, 4.69) is 0 Å². The van der Waals surface area contributed by atoms with Crippen molar-refractivity contribution in [1.29, 1.82) is 0 Å². The SMILES string of the molecule is CCOc1ccccc1OCCCC(=O)N1CCN(C(=O)c2ccc(C)s2)CC1. The molecule has 1 saturated heterocycles. The Labute approximate surface area is 176 Å². The molecule has 1 aliphatic heterocycles. The van der Waals surface area contributed by atoms with Gasteiger partial charge in [-0.2, -0.15) is 0 Å². The predicted octanol–water partition coefficient (Wildman–Crippen LogP) is 3.60. The predicted molar refractivity (Wildman–Crippen MR) is 114 cm³/mol. The standard InChI is InChI=1S/C22H28N2O4S/c1-3-27-18-7-4-5-8-19(18)28-16-6-9-21(25)23-12-14-24(15-13-23)22(26)20-11-10-17(2)29-20/h4-5,7-8,10-11H,3,6,9,12-16H2,1-2H3. The zero-order valence-electron chi connectivity index (χ0n) is 17.1. The summed E-state index contributed by atoms with van der Waals surface area (Å²) in [5, 5.41) is 0. The molecule has 7 heteroatoms. The zero-order chi connectivity index (χ0) is 20.6. The quantitative estimate of drug-likeness (QED) is 0.617. The number of piperazine rings is 1. The first-order valence-corrected chi connectivity index (χ1v) is 10.9. The van der Waals surface area contributed by atoms with Gasteiger partial charge < -0.3 is 19.3 Å². The first-order chi connectivity index (χ1) is 14.1. The van der Waals surface area contributed by atoms with Crippen LogP contribution >= 0.6 is 11.3 Å². The van der Waals surface area contributed by atoms with E-state index in [0.717, 1.165) is 15.5 Å². The van der Waals surface area contributed by atoms with Gasteiger partial charge in [-0.05, 0) is 44.5 Å². The molecule has 0 atom stereocenters. The van der Waals surface area contributed by atoms with Crippen molar-refractivity contribution in [3.63, 3.8) is 0 Å².